The Morgan fingerprint density at radius 2 is 1.73 bits per heavy atom. The fourth-order valence-corrected chi connectivity index (χ4v) is 2.59. The van der Waals surface area contributed by atoms with E-state index >= 15 is 0 Å². The highest BCUT2D eigenvalue weighted by Gasteiger charge is 2.15. The average Bonchev–Trinajstić information content (AvgIpc) is 2.64. The van der Waals surface area contributed by atoms with Crippen molar-refractivity contribution in [3.05, 3.63) is 53.1 Å². The van der Waals surface area contributed by atoms with Crippen molar-refractivity contribution in [2.75, 3.05) is 20.8 Å². The van der Waals surface area contributed by atoms with E-state index < -0.39 is 6.10 Å². The van der Waals surface area contributed by atoms with Gasteiger partial charge in [-0.1, -0.05) is 18.2 Å². The second-order valence-corrected chi connectivity index (χ2v) is 6.26. The Labute approximate surface area is 155 Å². The molecule has 0 aliphatic carbocycles. The summed E-state index contributed by atoms with van der Waals surface area (Å²) >= 11 is 0. The highest BCUT2D eigenvalue weighted by molar-refractivity contribution is 5.80. The Hall–Kier alpha value is -2.69. The first kappa shape index (κ1) is 19.6. The molecule has 0 spiro atoms. The average molecular weight is 357 g/mol. The van der Waals surface area contributed by atoms with Crippen LogP contribution in [0.3, 0.4) is 0 Å². The van der Waals surface area contributed by atoms with Crippen LogP contribution in [-0.2, 0) is 11.2 Å². The standard InChI is InChI=1S/C21H27NO4/c1-14-6-7-15(2)19(12-14)26-16(3)21(23)22-11-10-17-8-9-18(24-4)20(13-17)25-5/h6-9,12-13,16H,10-11H2,1-5H3,(H,22,23)/t16-/m0/s1. The van der Waals surface area contributed by atoms with Crippen molar-refractivity contribution in [2.45, 2.75) is 33.3 Å². The molecule has 0 saturated heterocycles. The molecule has 5 heteroatoms. The topological polar surface area (TPSA) is 56.8 Å². The summed E-state index contributed by atoms with van der Waals surface area (Å²) in [5, 5.41) is 2.92. The zero-order valence-corrected chi connectivity index (χ0v) is 16.1. The minimum absolute atomic E-state index is 0.133. The minimum Gasteiger partial charge on any atom is -0.493 e. The number of aryl methyl sites for hydroxylation is 2. The fraction of sp³-hybridized carbons (Fsp3) is 0.381. The maximum atomic E-state index is 12.3. The van der Waals surface area contributed by atoms with Gasteiger partial charge in [0.25, 0.3) is 5.91 Å². The first-order chi connectivity index (χ1) is 12.4. The van der Waals surface area contributed by atoms with E-state index in [0.717, 1.165) is 22.4 Å². The molecule has 0 heterocycles. The molecular weight excluding hydrogens is 330 g/mol. The van der Waals surface area contributed by atoms with Crippen molar-refractivity contribution < 1.29 is 19.0 Å². The number of hydrogen-bond donors (Lipinski definition) is 1. The molecule has 2 rings (SSSR count). The summed E-state index contributed by atoms with van der Waals surface area (Å²) < 4.78 is 16.3. The predicted molar refractivity (Wildman–Crippen MR) is 102 cm³/mol. The van der Waals surface area contributed by atoms with Gasteiger partial charge in [-0.2, -0.15) is 0 Å². The van der Waals surface area contributed by atoms with Crippen molar-refractivity contribution in [3.63, 3.8) is 0 Å². The summed E-state index contributed by atoms with van der Waals surface area (Å²) in [6.07, 6.45) is 0.142. The summed E-state index contributed by atoms with van der Waals surface area (Å²) in [6.45, 7) is 6.25. The molecule has 1 amide bonds. The van der Waals surface area contributed by atoms with Crippen LogP contribution in [0.4, 0.5) is 0 Å². The normalized spacial score (nSPS) is 11.6. The molecule has 26 heavy (non-hydrogen) atoms. The van der Waals surface area contributed by atoms with Crippen LogP contribution in [0.25, 0.3) is 0 Å². The van der Waals surface area contributed by atoms with Crippen LogP contribution in [-0.4, -0.2) is 32.8 Å². The molecule has 0 aliphatic heterocycles. The number of benzene rings is 2. The molecule has 0 radical (unpaired) electrons. The largest absolute Gasteiger partial charge is 0.493 e. The number of ether oxygens (including phenoxy) is 3. The highest BCUT2D eigenvalue weighted by atomic mass is 16.5. The Morgan fingerprint density at radius 3 is 2.42 bits per heavy atom. The lowest BCUT2D eigenvalue weighted by Crippen LogP contribution is -2.37. The van der Waals surface area contributed by atoms with Gasteiger partial charge in [0.05, 0.1) is 14.2 Å². The fourth-order valence-electron chi connectivity index (χ4n) is 2.59. The van der Waals surface area contributed by atoms with Gasteiger partial charge in [-0.05, 0) is 62.1 Å². The van der Waals surface area contributed by atoms with E-state index in [1.54, 1.807) is 21.1 Å². The molecule has 0 bridgehead atoms. The quantitative estimate of drug-likeness (QED) is 0.786. The van der Waals surface area contributed by atoms with Gasteiger partial charge in [0.2, 0.25) is 0 Å². The van der Waals surface area contributed by atoms with Gasteiger partial charge in [0.15, 0.2) is 17.6 Å². The molecule has 140 valence electrons. The van der Waals surface area contributed by atoms with Crippen molar-refractivity contribution in [1.29, 1.82) is 0 Å². The second-order valence-electron chi connectivity index (χ2n) is 6.26. The zero-order valence-electron chi connectivity index (χ0n) is 16.1. The highest BCUT2D eigenvalue weighted by Crippen LogP contribution is 2.27. The van der Waals surface area contributed by atoms with E-state index in [2.05, 4.69) is 5.32 Å². The van der Waals surface area contributed by atoms with E-state index in [9.17, 15) is 4.79 Å². The number of carbonyl (C=O) groups excluding carboxylic acids is 1. The summed E-state index contributed by atoms with van der Waals surface area (Å²) in [7, 11) is 3.21. The number of hydrogen-bond acceptors (Lipinski definition) is 4. The van der Waals surface area contributed by atoms with Gasteiger partial charge in [0, 0.05) is 6.54 Å². The van der Waals surface area contributed by atoms with Crippen molar-refractivity contribution in [3.8, 4) is 17.2 Å². The molecule has 0 saturated carbocycles. The van der Waals surface area contributed by atoms with E-state index in [4.69, 9.17) is 14.2 Å². The van der Waals surface area contributed by atoms with Gasteiger partial charge in [-0.15, -0.1) is 0 Å². The molecule has 2 aromatic carbocycles. The van der Waals surface area contributed by atoms with Crippen molar-refractivity contribution in [2.24, 2.45) is 0 Å². The molecule has 0 unspecified atom stereocenters. The van der Waals surface area contributed by atoms with Crippen LogP contribution in [0.2, 0.25) is 0 Å². The first-order valence-corrected chi connectivity index (χ1v) is 8.67. The lowest BCUT2D eigenvalue weighted by atomic mass is 10.1. The number of nitrogens with one attached hydrogen (secondary N) is 1. The van der Waals surface area contributed by atoms with E-state index in [1.165, 1.54) is 0 Å². The lowest BCUT2D eigenvalue weighted by Gasteiger charge is -2.17. The van der Waals surface area contributed by atoms with E-state index in [-0.39, 0.29) is 5.91 Å². The van der Waals surface area contributed by atoms with Gasteiger partial charge in [-0.3, -0.25) is 4.79 Å². The maximum Gasteiger partial charge on any atom is 0.260 e. The SMILES string of the molecule is COc1ccc(CCNC(=O)[C@H](C)Oc2cc(C)ccc2C)cc1OC. The van der Waals surface area contributed by atoms with Gasteiger partial charge < -0.3 is 19.5 Å². The third-order valence-corrected chi connectivity index (χ3v) is 4.18. The summed E-state index contributed by atoms with van der Waals surface area (Å²) in [5.41, 5.74) is 3.18. The van der Waals surface area contributed by atoms with Gasteiger partial charge in [-0.25, -0.2) is 0 Å². The van der Waals surface area contributed by atoms with Crippen molar-refractivity contribution >= 4 is 5.91 Å². The first-order valence-electron chi connectivity index (χ1n) is 8.67. The summed E-state index contributed by atoms with van der Waals surface area (Å²) in [4.78, 5) is 12.3. The van der Waals surface area contributed by atoms with Gasteiger partial charge >= 0.3 is 0 Å². The van der Waals surface area contributed by atoms with Crippen LogP contribution in [0.1, 0.15) is 23.6 Å². The summed E-state index contributed by atoms with van der Waals surface area (Å²) in [5.74, 6) is 1.98. The molecule has 1 atom stereocenters. The van der Waals surface area contributed by atoms with Crippen LogP contribution in [0.5, 0.6) is 17.2 Å². The minimum atomic E-state index is -0.555. The van der Waals surface area contributed by atoms with Crippen molar-refractivity contribution in [1.82, 2.24) is 5.32 Å². The second kappa shape index (κ2) is 9.13. The third kappa shape index (κ3) is 5.15. The Kier molecular flexibility index (Phi) is 6.89. The molecular formula is C21H27NO4. The monoisotopic (exact) mass is 357 g/mol. The van der Waals surface area contributed by atoms with Crippen LogP contribution >= 0.6 is 0 Å². The Bertz CT molecular complexity index is 758. The Balaban J connectivity index is 1.87. The molecule has 2 aromatic rings. The van der Waals surface area contributed by atoms with Crippen LogP contribution < -0.4 is 19.5 Å². The summed E-state index contributed by atoms with van der Waals surface area (Å²) in [6, 6.07) is 11.7. The molecule has 5 nitrogen and oxygen atoms in total. The zero-order chi connectivity index (χ0) is 19.1. The Morgan fingerprint density at radius 1 is 1.00 bits per heavy atom. The number of rotatable bonds is 8. The lowest BCUT2D eigenvalue weighted by molar-refractivity contribution is -0.127. The predicted octanol–water partition coefficient (Wildman–Crippen LogP) is 3.45. The van der Waals surface area contributed by atoms with Crippen LogP contribution in [0, 0.1) is 13.8 Å². The molecule has 0 fully saturated rings. The smallest absolute Gasteiger partial charge is 0.260 e. The van der Waals surface area contributed by atoms with E-state index in [0.29, 0.717) is 24.5 Å². The number of methoxy groups -OCH3 is 2. The molecule has 0 aliphatic rings. The number of amides is 1. The molecule has 1 N–H and O–H groups in total. The third-order valence-electron chi connectivity index (χ3n) is 4.18. The van der Waals surface area contributed by atoms with Crippen LogP contribution in [0.15, 0.2) is 36.4 Å². The molecule has 0 aromatic heterocycles. The van der Waals surface area contributed by atoms with Gasteiger partial charge in [0.1, 0.15) is 5.75 Å². The van der Waals surface area contributed by atoms with E-state index in [1.807, 2.05) is 50.2 Å². The number of carbonyl (C=O) groups is 1. The maximum absolute atomic E-state index is 12.3.